The van der Waals surface area contributed by atoms with Crippen molar-refractivity contribution < 1.29 is 4.79 Å². The SMILES string of the molecule is CN(CC(=O)c1cc(Br)sc1Br)Cc1ccc(Br)cc1. The number of hydrogen-bond donors (Lipinski definition) is 0. The van der Waals surface area contributed by atoms with Crippen LogP contribution in [-0.2, 0) is 6.54 Å². The van der Waals surface area contributed by atoms with E-state index >= 15 is 0 Å². The van der Waals surface area contributed by atoms with Gasteiger partial charge in [-0.3, -0.25) is 9.69 Å². The van der Waals surface area contributed by atoms with Gasteiger partial charge in [0.25, 0.3) is 0 Å². The maximum atomic E-state index is 12.2. The zero-order valence-corrected chi connectivity index (χ0v) is 16.3. The minimum absolute atomic E-state index is 0.124. The summed E-state index contributed by atoms with van der Waals surface area (Å²) in [6.07, 6.45) is 0. The van der Waals surface area contributed by atoms with Gasteiger partial charge in [0.1, 0.15) is 0 Å². The van der Waals surface area contributed by atoms with Gasteiger partial charge in [0.15, 0.2) is 5.78 Å². The number of hydrogen-bond acceptors (Lipinski definition) is 3. The van der Waals surface area contributed by atoms with Crippen LogP contribution in [0.25, 0.3) is 0 Å². The fraction of sp³-hybridized carbons (Fsp3) is 0.214. The van der Waals surface area contributed by atoms with Gasteiger partial charge < -0.3 is 0 Å². The predicted molar refractivity (Wildman–Crippen MR) is 94.5 cm³/mol. The van der Waals surface area contributed by atoms with E-state index < -0.39 is 0 Å². The number of halogens is 3. The molecule has 0 saturated carbocycles. The number of ketones is 1. The molecule has 2 rings (SSSR count). The van der Waals surface area contributed by atoms with Crippen LogP contribution >= 0.6 is 59.1 Å². The van der Waals surface area contributed by atoms with Crippen molar-refractivity contribution >= 4 is 64.9 Å². The minimum atomic E-state index is 0.124. The van der Waals surface area contributed by atoms with Gasteiger partial charge in [-0.2, -0.15) is 0 Å². The van der Waals surface area contributed by atoms with Crippen LogP contribution in [0.3, 0.4) is 0 Å². The molecule has 0 amide bonds. The Morgan fingerprint density at radius 2 is 1.85 bits per heavy atom. The number of carbonyl (C=O) groups excluding carboxylic acids is 1. The first-order valence-electron chi connectivity index (χ1n) is 5.86. The molecule has 0 unspecified atom stereocenters. The van der Waals surface area contributed by atoms with Crippen molar-refractivity contribution in [1.82, 2.24) is 4.90 Å². The van der Waals surface area contributed by atoms with E-state index in [1.165, 1.54) is 16.9 Å². The van der Waals surface area contributed by atoms with Crippen LogP contribution in [0.4, 0.5) is 0 Å². The molecule has 1 heterocycles. The summed E-state index contributed by atoms with van der Waals surface area (Å²) >= 11 is 11.8. The second-order valence-electron chi connectivity index (χ2n) is 4.46. The smallest absolute Gasteiger partial charge is 0.178 e. The van der Waals surface area contributed by atoms with Crippen molar-refractivity contribution in [2.75, 3.05) is 13.6 Å². The zero-order valence-electron chi connectivity index (χ0n) is 10.7. The first-order valence-corrected chi connectivity index (χ1v) is 9.06. The minimum Gasteiger partial charge on any atom is -0.295 e. The Kier molecular flexibility index (Phi) is 5.98. The lowest BCUT2D eigenvalue weighted by Gasteiger charge is -2.15. The number of thiophene rings is 1. The summed E-state index contributed by atoms with van der Waals surface area (Å²) in [6, 6.07) is 10.0. The third kappa shape index (κ3) is 4.49. The Balaban J connectivity index is 1.97. The van der Waals surface area contributed by atoms with E-state index in [4.69, 9.17) is 0 Å². The molecule has 20 heavy (non-hydrogen) atoms. The first-order chi connectivity index (χ1) is 9.45. The Morgan fingerprint density at radius 3 is 2.40 bits per heavy atom. The van der Waals surface area contributed by atoms with E-state index in [0.29, 0.717) is 6.54 Å². The van der Waals surface area contributed by atoms with Crippen molar-refractivity contribution in [3.05, 3.63) is 53.5 Å². The van der Waals surface area contributed by atoms with E-state index in [-0.39, 0.29) is 5.78 Å². The van der Waals surface area contributed by atoms with Crippen LogP contribution in [0.15, 0.2) is 42.4 Å². The molecule has 1 aromatic heterocycles. The lowest BCUT2D eigenvalue weighted by Crippen LogP contribution is -2.25. The molecule has 106 valence electrons. The molecule has 0 radical (unpaired) electrons. The molecule has 0 saturated heterocycles. The van der Waals surface area contributed by atoms with Crippen molar-refractivity contribution in [3.8, 4) is 0 Å². The Morgan fingerprint density at radius 1 is 1.20 bits per heavy atom. The summed E-state index contributed by atoms with van der Waals surface area (Å²) < 4.78 is 2.90. The van der Waals surface area contributed by atoms with Crippen LogP contribution in [0.5, 0.6) is 0 Å². The number of likely N-dealkylation sites (N-methyl/N-ethyl adjacent to an activating group) is 1. The fourth-order valence-electron chi connectivity index (χ4n) is 1.82. The molecule has 0 atom stereocenters. The van der Waals surface area contributed by atoms with Crippen LogP contribution < -0.4 is 0 Å². The molecule has 0 aliphatic rings. The van der Waals surface area contributed by atoms with Gasteiger partial charge >= 0.3 is 0 Å². The van der Waals surface area contributed by atoms with Crippen LogP contribution in [0, 0.1) is 0 Å². The highest BCUT2D eigenvalue weighted by molar-refractivity contribution is 9.12. The summed E-state index contributed by atoms with van der Waals surface area (Å²) in [5.41, 5.74) is 1.93. The predicted octanol–water partition coefficient (Wildman–Crippen LogP) is 5.35. The van der Waals surface area contributed by atoms with Crippen LogP contribution in [-0.4, -0.2) is 24.3 Å². The summed E-state index contributed by atoms with van der Waals surface area (Å²) in [6.45, 7) is 1.15. The Labute approximate surface area is 147 Å². The van der Waals surface area contributed by atoms with Crippen LogP contribution in [0.2, 0.25) is 0 Å². The number of carbonyl (C=O) groups is 1. The van der Waals surface area contributed by atoms with E-state index in [9.17, 15) is 4.79 Å². The number of rotatable bonds is 5. The maximum Gasteiger partial charge on any atom is 0.178 e. The normalized spacial score (nSPS) is 11.1. The summed E-state index contributed by atoms with van der Waals surface area (Å²) in [4.78, 5) is 14.3. The molecule has 0 N–H and O–H groups in total. The Bertz CT molecular complexity index is 609. The third-order valence-electron chi connectivity index (χ3n) is 2.74. The maximum absolute atomic E-state index is 12.2. The lowest BCUT2D eigenvalue weighted by atomic mass is 10.2. The third-order valence-corrected chi connectivity index (χ3v) is 5.60. The van der Waals surface area contributed by atoms with Gasteiger partial charge in [-0.15, -0.1) is 11.3 Å². The highest BCUT2D eigenvalue weighted by Crippen LogP contribution is 2.32. The average Bonchev–Trinajstić information content (AvgIpc) is 2.71. The standard InChI is InChI=1S/C14H12Br3NOS/c1-18(7-9-2-4-10(15)5-3-9)8-12(19)11-6-13(16)20-14(11)17/h2-6H,7-8H2,1H3. The average molecular weight is 482 g/mol. The molecular formula is C14H12Br3NOS. The number of benzene rings is 1. The quantitative estimate of drug-likeness (QED) is 0.536. The molecular weight excluding hydrogens is 470 g/mol. The van der Waals surface area contributed by atoms with Crippen LogP contribution in [0.1, 0.15) is 15.9 Å². The highest BCUT2D eigenvalue weighted by atomic mass is 79.9. The monoisotopic (exact) mass is 479 g/mol. The largest absolute Gasteiger partial charge is 0.295 e. The molecule has 1 aromatic carbocycles. The molecule has 0 aliphatic heterocycles. The first kappa shape index (κ1) is 16.4. The molecule has 6 heteroatoms. The van der Waals surface area contributed by atoms with E-state index in [1.807, 2.05) is 30.1 Å². The topological polar surface area (TPSA) is 20.3 Å². The second-order valence-corrected chi connectivity index (χ2v) is 9.12. The van der Waals surface area contributed by atoms with Gasteiger partial charge in [-0.25, -0.2) is 0 Å². The van der Waals surface area contributed by atoms with Gasteiger partial charge in [-0.05, 0) is 62.7 Å². The van der Waals surface area contributed by atoms with E-state index in [1.54, 1.807) is 0 Å². The van der Waals surface area contributed by atoms with Gasteiger partial charge in [0, 0.05) is 16.6 Å². The lowest BCUT2D eigenvalue weighted by molar-refractivity contribution is 0.0943. The van der Waals surface area contributed by atoms with Crippen molar-refractivity contribution in [2.24, 2.45) is 0 Å². The number of Topliss-reactive ketones (excluding diaryl/α,β-unsaturated/α-hetero) is 1. The van der Waals surface area contributed by atoms with Crippen molar-refractivity contribution in [3.63, 3.8) is 0 Å². The van der Waals surface area contributed by atoms with Crippen molar-refractivity contribution in [2.45, 2.75) is 6.54 Å². The molecule has 2 nitrogen and oxygen atoms in total. The molecule has 2 aromatic rings. The highest BCUT2D eigenvalue weighted by Gasteiger charge is 2.15. The molecule has 0 spiro atoms. The molecule has 0 fully saturated rings. The van der Waals surface area contributed by atoms with Gasteiger partial charge in [-0.1, -0.05) is 28.1 Å². The summed E-state index contributed by atoms with van der Waals surface area (Å²) in [7, 11) is 1.95. The van der Waals surface area contributed by atoms with Gasteiger partial charge in [0.05, 0.1) is 14.1 Å². The van der Waals surface area contributed by atoms with Gasteiger partial charge in [0.2, 0.25) is 0 Å². The number of nitrogens with zero attached hydrogens (tertiary/aromatic N) is 1. The Hall–Kier alpha value is -0.0100. The summed E-state index contributed by atoms with van der Waals surface area (Å²) in [5, 5.41) is 0. The van der Waals surface area contributed by atoms with E-state index in [2.05, 4.69) is 59.9 Å². The zero-order chi connectivity index (χ0) is 14.7. The fourth-order valence-corrected chi connectivity index (χ4v) is 4.94. The second kappa shape index (κ2) is 7.31. The summed E-state index contributed by atoms with van der Waals surface area (Å²) in [5.74, 6) is 0.124. The molecule has 0 aliphatic carbocycles. The molecule has 0 bridgehead atoms. The van der Waals surface area contributed by atoms with Crippen molar-refractivity contribution in [1.29, 1.82) is 0 Å². The van der Waals surface area contributed by atoms with E-state index in [0.717, 1.165) is 24.2 Å².